The molecule has 0 amide bonds. The number of imidazole rings is 1. The predicted octanol–water partition coefficient (Wildman–Crippen LogP) is 0.875. The molecule has 0 aliphatic heterocycles. The van der Waals surface area contributed by atoms with Gasteiger partial charge < -0.3 is 15.0 Å². The van der Waals surface area contributed by atoms with Crippen molar-refractivity contribution in [1.82, 2.24) is 14.9 Å². The Labute approximate surface area is 102 Å². The number of nitrogens with one attached hydrogen (secondary N) is 1. The average Bonchev–Trinajstić information content (AvgIpc) is 3.10. The Kier molecular flexibility index (Phi) is 3.16. The number of aromatic nitrogens is 2. The van der Waals surface area contributed by atoms with Gasteiger partial charge in [-0.2, -0.15) is 0 Å². The number of fused-ring (bicyclic) bond motifs is 1. The van der Waals surface area contributed by atoms with Crippen molar-refractivity contribution in [3.8, 4) is 0 Å². The topological polar surface area (TPSA) is 50.1 Å². The average molecular weight is 235 g/mol. The van der Waals surface area contributed by atoms with Crippen LogP contribution in [0.15, 0.2) is 6.33 Å². The molecule has 17 heavy (non-hydrogen) atoms. The molecule has 94 valence electrons. The van der Waals surface area contributed by atoms with Crippen LogP contribution in [-0.4, -0.2) is 33.3 Å². The quantitative estimate of drug-likeness (QED) is 0.796. The Morgan fingerprint density at radius 2 is 2.24 bits per heavy atom. The van der Waals surface area contributed by atoms with Gasteiger partial charge in [0.15, 0.2) is 0 Å². The molecule has 4 heteroatoms. The van der Waals surface area contributed by atoms with Gasteiger partial charge in [-0.3, -0.25) is 0 Å². The first-order valence-electron chi connectivity index (χ1n) is 6.77. The minimum atomic E-state index is -0.296. The van der Waals surface area contributed by atoms with Gasteiger partial charge in [0.25, 0.3) is 0 Å². The summed E-state index contributed by atoms with van der Waals surface area (Å²) >= 11 is 0. The number of aryl methyl sites for hydroxylation is 1. The first-order valence-corrected chi connectivity index (χ1v) is 6.77. The van der Waals surface area contributed by atoms with Gasteiger partial charge in [0.05, 0.1) is 24.7 Å². The van der Waals surface area contributed by atoms with E-state index in [9.17, 15) is 5.11 Å². The molecule has 3 rings (SSSR count). The van der Waals surface area contributed by atoms with Crippen LogP contribution in [0.2, 0.25) is 0 Å². The third-order valence-corrected chi connectivity index (χ3v) is 3.74. The van der Waals surface area contributed by atoms with E-state index in [1.165, 1.54) is 37.1 Å². The highest BCUT2D eigenvalue weighted by molar-refractivity contribution is 5.16. The van der Waals surface area contributed by atoms with E-state index in [0.29, 0.717) is 19.1 Å². The Bertz CT molecular complexity index is 384. The summed E-state index contributed by atoms with van der Waals surface area (Å²) in [5, 5.41) is 13.4. The fraction of sp³-hybridized carbons (Fsp3) is 0.769. The molecule has 2 N–H and O–H groups in total. The molecule has 2 aliphatic carbocycles. The summed E-state index contributed by atoms with van der Waals surface area (Å²) in [5.74, 6) is 0. The molecule has 0 saturated heterocycles. The largest absolute Gasteiger partial charge is 0.390 e. The lowest BCUT2D eigenvalue weighted by Crippen LogP contribution is -2.31. The van der Waals surface area contributed by atoms with Crippen molar-refractivity contribution in [2.45, 2.75) is 57.2 Å². The second-order valence-electron chi connectivity index (χ2n) is 5.33. The molecule has 0 spiro atoms. The molecule has 1 atom stereocenters. The molecular formula is C13H21N3O. The molecule has 1 heterocycles. The molecule has 1 saturated carbocycles. The number of aliphatic hydroxyl groups excluding tert-OH is 1. The van der Waals surface area contributed by atoms with Crippen molar-refractivity contribution in [2.24, 2.45) is 0 Å². The maximum absolute atomic E-state index is 9.99. The van der Waals surface area contributed by atoms with Crippen LogP contribution >= 0.6 is 0 Å². The fourth-order valence-corrected chi connectivity index (χ4v) is 2.57. The molecular weight excluding hydrogens is 214 g/mol. The highest BCUT2D eigenvalue weighted by Gasteiger charge is 2.22. The third kappa shape index (κ3) is 2.69. The van der Waals surface area contributed by atoms with Crippen LogP contribution in [0.3, 0.4) is 0 Å². The molecule has 1 aromatic heterocycles. The van der Waals surface area contributed by atoms with Crippen LogP contribution in [-0.2, 0) is 19.4 Å². The van der Waals surface area contributed by atoms with Gasteiger partial charge in [0.1, 0.15) is 0 Å². The van der Waals surface area contributed by atoms with E-state index in [1.807, 2.05) is 6.33 Å². The number of hydrogen-bond acceptors (Lipinski definition) is 3. The number of nitrogens with zero attached hydrogens (tertiary/aromatic N) is 2. The van der Waals surface area contributed by atoms with Crippen molar-refractivity contribution < 1.29 is 5.11 Å². The summed E-state index contributed by atoms with van der Waals surface area (Å²) in [7, 11) is 0. The summed E-state index contributed by atoms with van der Waals surface area (Å²) in [6, 6.07) is 0.668. The Morgan fingerprint density at radius 1 is 1.41 bits per heavy atom. The van der Waals surface area contributed by atoms with E-state index in [1.54, 1.807) is 0 Å². The van der Waals surface area contributed by atoms with Crippen LogP contribution in [0.1, 0.15) is 37.1 Å². The zero-order valence-corrected chi connectivity index (χ0v) is 10.2. The molecule has 1 fully saturated rings. The molecule has 1 unspecified atom stereocenters. The Morgan fingerprint density at radius 3 is 3.06 bits per heavy atom. The van der Waals surface area contributed by atoms with E-state index in [4.69, 9.17) is 0 Å². The lowest BCUT2D eigenvalue weighted by molar-refractivity contribution is 0.150. The van der Waals surface area contributed by atoms with Gasteiger partial charge in [0.2, 0.25) is 0 Å². The zero-order chi connectivity index (χ0) is 11.7. The standard InChI is InChI=1S/C13H21N3O/c17-11(7-14-10-5-6-10)8-16-9-15-12-3-1-2-4-13(12)16/h9-11,14,17H,1-8H2. The molecule has 0 bridgehead atoms. The van der Waals surface area contributed by atoms with E-state index < -0.39 is 0 Å². The SMILES string of the molecule is OC(CNC1CC1)Cn1cnc2c1CCCC2. The summed E-state index contributed by atoms with van der Waals surface area (Å²) < 4.78 is 2.15. The highest BCUT2D eigenvalue weighted by Crippen LogP contribution is 2.20. The van der Waals surface area contributed by atoms with Gasteiger partial charge in [-0.1, -0.05) is 0 Å². The van der Waals surface area contributed by atoms with Gasteiger partial charge in [-0.05, 0) is 38.5 Å². The van der Waals surface area contributed by atoms with Crippen molar-refractivity contribution in [2.75, 3.05) is 6.54 Å². The maximum atomic E-state index is 9.99. The smallest absolute Gasteiger partial charge is 0.0952 e. The van der Waals surface area contributed by atoms with Crippen LogP contribution in [0, 0.1) is 0 Å². The molecule has 1 aromatic rings. The second kappa shape index (κ2) is 4.78. The molecule has 4 nitrogen and oxygen atoms in total. The van der Waals surface area contributed by atoms with Gasteiger partial charge in [-0.15, -0.1) is 0 Å². The van der Waals surface area contributed by atoms with E-state index in [2.05, 4.69) is 14.9 Å². The first-order chi connectivity index (χ1) is 8.33. The zero-order valence-electron chi connectivity index (χ0n) is 10.2. The lowest BCUT2D eigenvalue weighted by atomic mass is 10.0. The summed E-state index contributed by atoms with van der Waals surface area (Å²) in [4.78, 5) is 4.45. The third-order valence-electron chi connectivity index (χ3n) is 3.74. The van der Waals surface area contributed by atoms with Crippen molar-refractivity contribution in [1.29, 1.82) is 0 Å². The minimum Gasteiger partial charge on any atom is -0.390 e. The van der Waals surface area contributed by atoms with Crippen LogP contribution in [0.4, 0.5) is 0 Å². The summed E-state index contributed by atoms with van der Waals surface area (Å²) in [5.41, 5.74) is 2.60. The van der Waals surface area contributed by atoms with E-state index in [0.717, 1.165) is 12.8 Å². The monoisotopic (exact) mass is 235 g/mol. The van der Waals surface area contributed by atoms with Gasteiger partial charge >= 0.3 is 0 Å². The van der Waals surface area contributed by atoms with E-state index >= 15 is 0 Å². The maximum Gasteiger partial charge on any atom is 0.0952 e. The molecule has 0 aromatic carbocycles. The van der Waals surface area contributed by atoms with Crippen LogP contribution in [0.5, 0.6) is 0 Å². The number of rotatable bonds is 5. The van der Waals surface area contributed by atoms with Gasteiger partial charge in [0, 0.05) is 18.3 Å². The Hall–Kier alpha value is -0.870. The molecule has 2 aliphatic rings. The van der Waals surface area contributed by atoms with Crippen LogP contribution < -0.4 is 5.32 Å². The molecule has 0 radical (unpaired) electrons. The van der Waals surface area contributed by atoms with Crippen LogP contribution in [0.25, 0.3) is 0 Å². The van der Waals surface area contributed by atoms with E-state index in [-0.39, 0.29) is 6.10 Å². The second-order valence-corrected chi connectivity index (χ2v) is 5.33. The fourth-order valence-electron chi connectivity index (χ4n) is 2.57. The normalized spacial score (nSPS) is 21.2. The van der Waals surface area contributed by atoms with Crippen molar-refractivity contribution >= 4 is 0 Å². The number of aliphatic hydroxyl groups is 1. The number of hydrogen-bond donors (Lipinski definition) is 2. The lowest BCUT2D eigenvalue weighted by Gasteiger charge is -2.17. The highest BCUT2D eigenvalue weighted by atomic mass is 16.3. The van der Waals surface area contributed by atoms with Gasteiger partial charge in [-0.25, -0.2) is 4.98 Å². The first kappa shape index (κ1) is 11.2. The summed E-state index contributed by atoms with van der Waals surface area (Å²) in [6.45, 7) is 1.39. The van der Waals surface area contributed by atoms with Crippen molar-refractivity contribution in [3.05, 3.63) is 17.7 Å². The summed E-state index contributed by atoms with van der Waals surface area (Å²) in [6.07, 6.45) is 8.90. The van der Waals surface area contributed by atoms with Crippen molar-refractivity contribution in [3.63, 3.8) is 0 Å². The minimum absolute atomic E-state index is 0.296. The predicted molar refractivity (Wildman–Crippen MR) is 65.9 cm³/mol. The Balaban J connectivity index is 1.57.